The van der Waals surface area contributed by atoms with Crippen molar-refractivity contribution in [3.63, 3.8) is 0 Å². The second kappa shape index (κ2) is 8.60. The number of aryl methyl sites for hydroxylation is 2. The van der Waals surface area contributed by atoms with Gasteiger partial charge in [-0.3, -0.25) is 24.6 Å². The summed E-state index contributed by atoms with van der Waals surface area (Å²) in [4.78, 5) is 12.8. The molecule has 1 aliphatic carbocycles. The predicted molar refractivity (Wildman–Crippen MR) is 118 cm³/mol. The molecule has 1 fully saturated rings. The van der Waals surface area contributed by atoms with Crippen LogP contribution in [0.3, 0.4) is 0 Å². The maximum Gasteiger partial charge on any atom is 0.328 e. The van der Waals surface area contributed by atoms with Gasteiger partial charge in [0.15, 0.2) is 17.5 Å². The third-order valence-corrected chi connectivity index (χ3v) is 6.26. The number of hydrogen-bond donors (Lipinski definition) is 2. The summed E-state index contributed by atoms with van der Waals surface area (Å²) in [7, 11) is 4.80. The molecule has 1 aliphatic rings. The van der Waals surface area contributed by atoms with Crippen LogP contribution in [0.25, 0.3) is 11.0 Å². The summed E-state index contributed by atoms with van der Waals surface area (Å²) in [5.41, 5.74) is 1.54. The number of imidazole rings is 1. The Morgan fingerprint density at radius 2 is 1.91 bits per heavy atom. The average molecular weight is 442 g/mol. The molecule has 2 aromatic heterocycles. The van der Waals surface area contributed by atoms with E-state index < -0.39 is 5.82 Å². The SMILES string of the molecule is COc1cc2c(cc1F)n(C)c(=O)n2CC1CCC(C(=N)OC(=N)c2cnn(C)c2)CC1. The largest absolute Gasteiger partial charge is 0.494 e. The van der Waals surface area contributed by atoms with E-state index in [1.807, 2.05) is 0 Å². The van der Waals surface area contributed by atoms with Crippen LogP contribution in [0.15, 0.2) is 29.3 Å². The van der Waals surface area contributed by atoms with Gasteiger partial charge in [0.1, 0.15) is 0 Å². The molecule has 0 saturated heterocycles. The van der Waals surface area contributed by atoms with Crippen molar-refractivity contribution in [2.24, 2.45) is 25.9 Å². The van der Waals surface area contributed by atoms with E-state index in [2.05, 4.69) is 5.10 Å². The van der Waals surface area contributed by atoms with Crippen molar-refractivity contribution >= 4 is 22.8 Å². The van der Waals surface area contributed by atoms with E-state index in [1.54, 1.807) is 35.6 Å². The number of halogens is 1. The Balaban J connectivity index is 1.41. The molecular weight excluding hydrogens is 415 g/mol. The highest BCUT2D eigenvalue weighted by atomic mass is 19.1. The molecule has 0 bridgehead atoms. The van der Waals surface area contributed by atoms with Gasteiger partial charge < -0.3 is 9.47 Å². The van der Waals surface area contributed by atoms with Crippen LogP contribution in [0.5, 0.6) is 5.75 Å². The molecular formula is C22H27FN6O3. The number of hydrogen-bond acceptors (Lipinski definition) is 6. The first-order chi connectivity index (χ1) is 15.3. The molecule has 0 unspecified atom stereocenters. The zero-order valence-electron chi connectivity index (χ0n) is 18.4. The molecule has 32 heavy (non-hydrogen) atoms. The quantitative estimate of drug-likeness (QED) is 0.467. The summed E-state index contributed by atoms with van der Waals surface area (Å²) in [6.07, 6.45) is 6.38. The van der Waals surface area contributed by atoms with E-state index in [4.69, 9.17) is 20.3 Å². The highest BCUT2D eigenvalue weighted by molar-refractivity contribution is 5.99. The van der Waals surface area contributed by atoms with Crippen molar-refractivity contribution in [1.82, 2.24) is 18.9 Å². The summed E-state index contributed by atoms with van der Waals surface area (Å²) in [5.74, 6) is -0.155. The summed E-state index contributed by atoms with van der Waals surface area (Å²) in [6.45, 7) is 0.525. The maximum absolute atomic E-state index is 14.1. The van der Waals surface area contributed by atoms with E-state index in [1.165, 1.54) is 23.9 Å². The number of ether oxygens (including phenoxy) is 2. The average Bonchev–Trinajstić information content (AvgIpc) is 3.31. The first-order valence-electron chi connectivity index (χ1n) is 10.5. The van der Waals surface area contributed by atoms with Crippen LogP contribution in [-0.2, 0) is 25.4 Å². The molecule has 3 aromatic rings. The summed E-state index contributed by atoms with van der Waals surface area (Å²) in [6, 6.07) is 2.91. The van der Waals surface area contributed by atoms with Gasteiger partial charge in [0.05, 0.1) is 29.9 Å². The molecule has 1 aromatic carbocycles. The van der Waals surface area contributed by atoms with Crippen molar-refractivity contribution in [1.29, 1.82) is 10.8 Å². The third-order valence-electron chi connectivity index (χ3n) is 6.26. The first kappa shape index (κ1) is 21.8. The fraction of sp³-hybridized carbons (Fsp3) is 0.455. The standard InChI is InChI=1S/C22H27FN6O3/c1-27-12-15(10-26-27)21(25)32-20(24)14-6-4-13(5-7-14)11-29-18-9-19(31-3)16(23)8-17(18)28(2)22(29)30/h8-10,12-14,24-25H,4-7,11H2,1-3H3. The van der Waals surface area contributed by atoms with Gasteiger partial charge in [-0.25, -0.2) is 9.18 Å². The fourth-order valence-corrected chi connectivity index (χ4v) is 4.39. The molecule has 170 valence electrons. The number of methoxy groups -OCH3 is 1. The van der Waals surface area contributed by atoms with E-state index in [0.29, 0.717) is 23.1 Å². The Hall–Kier alpha value is -3.43. The van der Waals surface area contributed by atoms with Crippen LogP contribution < -0.4 is 10.4 Å². The first-order valence-corrected chi connectivity index (χ1v) is 10.5. The second-order valence-electron chi connectivity index (χ2n) is 8.34. The monoisotopic (exact) mass is 442 g/mol. The van der Waals surface area contributed by atoms with Crippen molar-refractivity contribution in [3.8, 4) is 5.75 Å². The summed E-state index contributed by atoms with van der Waals surface area (Å²) < 4.78 is 29.4. The molecule has 1 saturated carbocycles. The number of fused-ring (bicyclic) bond motifs is 1. The Bertz CT molecular complexity index is 1230. The molecule has 2 N–H and O–H groups in total. The number of nitrogens with one attached hydrogen (secondary N) is 2. The van der Waals surface area contributed by atoms with E-state index in [0.717, 1.165) is 25.7 Å². The molecule has 0 aliphatic heterocycles. The minimum Gasteiger partial charge on any atom is -0.494 e. The van der Waals surface area contributed by atoms with Gasteiger partial charge in [0.25, 0.3) is 0 Å². The number of nitrogens with zero attached hydrogens (tertiary/aromatic N) is 4. The van der Waals surface area contributed by atoms with Crippen LogP contribution in [0, 0.1) is 28.5 Å². The van der Waals surface area contributed by atoms with E-state index >= 15 is 0 Å². The zero-order chi connectivity index (χ0) is 23.0. The van der Waals surface area contributed by atoms with Crippen molar-refractivity contribution in [2.75, 3.05) is 7.11 Å². The van der Waals surface area contributed by atoms with Crippen molar-refractivity contribution in [2.45, 2.75) is 32.2 Å². The fourth-order valence-electron chi connectivity index (χ4n) is 4.39. The molecule has 0 amide bonds. The smallest absolute Gasteiger partial charge is 0.328 e. The number of rotatable bonds is 5. The van der Waals surface area contributed by atoms with Gasteiger partial charge in [-0.1, -0.05) is 0 Å². The Labute approximate surface area is 184 Å². The van der Waals surface area contributed by atoms with Crippen molar-refractivity contribution < 1.29 is 13.9 Å². The second-order valence-corrected chi connectivity index (χ2v) is 8.34. The number of aromatic nitrogens is 4. The van der Waals surface area contributed by atoms with Gasteiger partial charge in [0, 0.05) is 44.9 Å². The molecule has 10 heteroatoms. The molecule has 0 radical (unpaired) electrons. The predicted octanol–water partition coefficient (Wildman–Crippen LogP) is 3.05. The minimum atomic E-state index is -0.497. The van der Waals surface area contributed by atoms with Crippen LogP contribution in [-0.4, -0.2) is 37.8 Å². The highest BCUT2D eigenvalue weighted by Crippen LogP contribution is 2.32. The Morgan fingerprint density at radius 1 is 1.19 bits per heavy atom. The molecule has 9 nitrogen and oxygen atoms in total. The number of benzene rings is 1. The highest BCUT2D eigenvalue weighted by Gasteiger charge is 2.28. The van der Waals surface area contributed by atoms with Gasteiger partial charge in [-0.2, -0.15) is 5.10 Å². The lowest BCUT2D eigenvalue weighted by atomic mass is 9.82. The lowest BCUT2D eigenvalue weighted by Crippen LogP contribution is -2.30. The van der Waals surface area contributed by atoms with Crippen LogP contribution in [0.2, 0.25) is 0 Å². The lowest BCUT2D eigenvalue weighted by Gasteiger charge is -2.28. The summed E-state index contributed by atoms with van der Waals surface area (Å²) >= 11 is 0. The van der Waals surface area contributed by atoms with Gasteiger partial charge in [-0.05, 0) is 31.6 Å². The maximum atomic E-state index is 14.1. The minimum absolute atomic E-state index is 0.0540. The summed E-state index contributed by atoms with van der Waals surface area (Å²) in [5, 5.41) is 20.3. The molecule has 0 atom stereocenters. The zero-order valence-corrected chi connectivity index (χ0v) is 18.4. The Kier molecular flexibility index (Phi) is 5.86. The van der Waals surface area contributed by atoms with Crippen LogP contribution in [0.4, 0.5) is 4.39 Å². The Morgan fingerprint density at radius 3 is 2.53 bits per heavy atom. The topological polar surface area (TPSA) is 111 Å². The third kappa shape index (κ3) is 4.04. The molecule has 0 spiro atoms. The molecule has 4 rings (SSSR count). The van der Waals surface area contributed by atoms with Gasteiger partial charge in [0.2, 0.25) is 5.90 Å². The van der Waals surface area contributed by atoms with E-state index in [-0.39, 0.29) is 35.1 Å². The van der Waals surface area contributed by atoms with Crippen LogP contribution >= 0.6 is 0 Å². The van der Waals surface area contributed by atoms with E-state index in [9.17, 15) is 9.18 Å². The normalized spacial score (nSPS) is 18.6. The van der Waals surface area contributed by atoms with Crippen molar-refractivity contribution in [3.05, 3.63) is 46.4 Å². The van der Waals surface area contributed by atoms with Gasteiger partial charge >= 0.3 is 5.69 Å². The van der Waals surface area contributed by atoms with Gasteiger partial charge in [-0.15, -0.1) is 0 Å². The lowest BCUT2D eigenvalue weighted by molar-refractivity contribution is 0.274. The van der Waals surface area contributed by atoms with Crippen LogP contribution in [0.1, 0.15) is 31.2 Å². The molecule has 2 heterocycles.